The molecule has 1 aromatic rings. The molecule has 0 atom stereocenters. The Bertz CT molecular complexity index is 378. The zero-order chi connectivity index (χ0) is 9.97. The lowest BCUT2D eigenvalue weighted by atomic mass is 10.3. The van der Waals surface area contributed by atoms with E-state index in [9.17, 15) is 4.79 Å². The molecule has 0 saturated heterocycles. The Morgan fingerprint density at radius 2 is 2.50 bits per heavy atom. The Balaban J connectivity index is 2.29. The molecule has 5 heteroatoms. The van der Waals surface area contributed by atoms with E-state index in [4.69, 9.17) is 5.11 Å². The zero-order valence-electron chi connectivity index (χ0n) is 7.25. The standard InChI is InChI=1S/C9H8N2O2S/c12-9(13)8-5-14-6-11(8)7-2-1-3-10-4-7/h1-5H,6H2,(H,12,13). The van der Waals surface area contributed by atoms with E-state index >= 15 is 0 Å². The van der Waals surface area contributed by atoms with Crippen LogP contribution in [0.1, 0.15) is 0 Å². The van der Waals surface area contributed by atoms with Gasteiger partial charge in [0.25, 0.3) is 0 Å². The lowest BCUT2D eigenvalue weighted by Crippen LogP contribution is -2.23. The average Bonchev–Trinajstić information content (AvgIpc) is 2.67. The van der Waals surface area contributed by atoms with Crippen molar-refractivity contribution in [3.05, 3.63) is 35.6 Å². The zero-order valence-corrected chi connectivity index (χ0v) is 8.07. The number of nitrogens with zero attached hydrogens (tertiary/aromatic N) is 2. The summed E-state index contributed by atoms with van der Waals surface area (Å²) in [6.45, 7) is 0. The van der Waals surface area contributed by atoms with Crippen molar-refractivity contribution in [2.24, 2.45) is 0 Å². The maximum absolute atomic E-state index is 10.8. The van der Waals surface area contributed by atoms with Gasteiger partial charge in [-0.1, -0.05) is 0 Å². The molecule has 0 unspecified atom stereocenters. The summed E-state index contributed by atoms with van der Waals surface area (Å²) in [5.74, 6) is -0.272. The molecule has 0 aliphatic carbocycles. The van der Waals surface area contributed by atoms with Gasteiger partial charge in [-0.2, -0.15) is 0 Å². The first-order valence-corrected chi connectivity index (χ1v) is 5.06. The Kier molecular flexibility index (Phi) is 2.41. The van der Waals surface area contributed by atoms with Crippen LogP contribution in [0.3, 0.4) is 0 Å². The fraction of sp³-hybridized carbons (Fsp3) is 0.111. The number of thioether (sulfide) groups is 1. The van der Waals surface area contributed by atoms with E-state index in [0.29, 0.717) is 11.6 Å². The molecular formula is C9H8N2O2S. The molecule has 4 nitrogen and oxygen atoms in total. The predicted molar refractivity (Wildman–Crippen MR) is 54.9 cm³/mol. The monoisotopic (exact) mass is 208 g/mol. The number of hydrogen-bond donors (Lipinski definition) is 1. The first kappa shape index (κ1) is 9.08. The van der Waals surface area contributed by atoms with Crippen LogP contribution in [-0.2, 0) is 4.79 Å². The third-order valence-electron chi connectivity index (χ3n) is 1.87. The highest BCUT2D eigenvalue weighted by Gasteiger charge is 2.22. The van der Waals surface area contributed by atoms with Gasteiger partial charge >= 0.3 is 5.97 Å². The summed E-state index contributed by atoms with van der Waals surface area (Å²) in [4.78, 5) is 16.5. The number of rotatable bonds is 2. The summed E-state index contributed by atoms with van der Waals surface area (Å²) < 4.78 is 0. The number of aliphatic carboxylic acids is 1. The van der Waals surface area contributed by atoms with E-state index < -0.39 is 5.97 Å². The summed E-state index contributed by atoms with van der Waals surface area (Å²) in [5.41, 5.74) is 1.12. The Labute approximate surface area is 85.3 Å². The van der Waals surface area contributed by atoms with Crippen molar-refractivity contribution in [1.82, 2.24) is 4.98 Å². The van der Waals surface area contributed by atoms with Crippen molar-refractivity contribution in [1.29, 1.82) is 0 Å². The molecule has 2 heterocycles. The molecular weight excluding hydrogens is 200 g/mol. The van der Waals surface area contributed by atoms with Crippen LogP contribution in [0.4, 0.5) is 5.69 Å². The van der Waals surface area contributed by atoms with Crippen LogP contribution in [-0.4, -0.2) is 21.9 Å². The third kappa shape index (κ3) is 1.58. The highest BCUT2D eigenvalue weighted by atomic mass is 32.2. The molecule has 14 heavy (non-hydrogen) atoms. The van der Waals surface area contributed by atoms with Gasteiger partial charge in [0.15, 0.2) is 0 Å². The molecule has 2 rings (SSSR count). The van der Waals surface area contributed by atoms with Gasteiger partial charge in [0.1, 0.15) is 5.70 Å². The predicted octanol–water partition coefficient (Wildman–Crippen LogP) is 1.52. The highest BCUT2D eigenvalue weighted by Crippen LogP contribution is 2.28. The molecule has 1 N–H and O–H groups in total. The molecule has 0 amide bonds. The van der Waals surface area contributed by atoms with Gasteiger partial charge in [0, 0.05) is 11.6 Å². The number of aromatic nitrogens is 1. The minimum atomic E-state index is -0.904. The SMILES string of the molecule is O=C(O)C1=CSCN1c1cccnc1. The smallest absolute Gasteiger partial charge is 0.353 e. The highest BCUT2D eigenvalue weighted by molar-refractivity contribution is 8.02. The quantitative estimate of drug-likeness (QED) is 0.798. The Morgan fingerprint density at radius 1 is 1.64 bits per heavy atom. The van der Waals surface area contributed by atoms with Crippen molar-refractivity contribution < 1.29 is 9.90 Å². The van der Waals surface area contributed by atoms with Crippen LogP contribution in [0.2, 0.25) is 0 Å². The van der Waals surface area contributed by atoms with Crippen LogP contribution in [0.25, 0.3) is 0 Å². The summed E-state index contributed by atoms with van der Waals surface area (Å²) in [6, 6.07) is 3.63. The first-order chi connectivity index (χ1) is 6.79. The Morgan fingerprint density at radius 3 is 3.14 bits per heavy atom. The third-order valence-corrected chi connectivity index (χ3v) is 2.66. The van der Waals surface area contributed by atoms with Crippen LogP contribution in [0.15, 0.2) is 35.6 Å². The van der Waals surface area contributed by atoms with Crippen molar-refractivity contribution in [2.75, 3.05) is 10.8 Å². The van der Waals surface area contributed by atoms with Gasteiger partial charge in [-0.25, -0.2) is 4.79 Å². The maximum atomic E-state index is 10.8. The summed E-state index contributed by atoms with van der Waals surface area (Å²) in [6.07, 6.45) is 3.32. The van der Waals surface area contributed by atoms with Crippen molar-refractivity contribution in [2.45, 2.75) is 0 Å². The largest absolute Gasteiger partial charge is 0.477 e. The van der Waals surface area contributed by atoms with Gasteiger partial charge in [0.2, 0.25) is 0 Å². The molecule has 72 valence electrons. The molecule has 0 fully saturated rings. The summed E-state index contributed by atoms with van der Waals surface area (Å²) in [7, 11) is 0. The van der Waals surface area contributed by atoms with E-state index in [2.05, 4.69) is 4.98 Å². The van der Waals surface area contributed by atoms with Gasteiger partial charge in [0.05, 0.1) is 17.8 Å². The molecule has 0 aromatic carbocycles. The fourth-order valence-electron chi connectivity index (χ4n) is 1.22. The molecule has 0 radical (unpaired) electrons. The second kappa shape index (κ2) is 3.71. The topological polar surface area (TPSA) is 53.4 Å². The van der Waals surface area contributed by atoms with Crippen LogP contribution in [0.5, 0.6) is 0 Å². The van der Waals surface area contributed by atoms with E-state index in [1.165, 1.54) is 11.8 Å². The Hall–Kier alpha value is -1.49. The van der Waals surface area contributed by atoms with Crippen LogP contribution >= 0.6 is 11.8 Å². The lowest BCUT2D eigenvalue weighted by molar-refractivity contribution is -0.132. The normalized spacial score (nSPS) is 15.4. The number of pyridine rings is 1. The lowest BCUT2D eigenvalue weighted by Gasteiger charge is -2.17. The van der Waals surface area contributed by atoms with E-state index in [1.807, 2.05) is 6.07 Å². The summed E-state index contributed by atoms with van der Waals surface area (Å²) >= 11 is 1.47. The molecule has 0 spiro atoms. The van der Waals surface area contributed by atoms with Crippen molar-refractivity contribution >= 4 is 23.4 Å². The van der Waals surface area contributed by atoms with E-state index in [-0.39, 0.29) is 0 Å². The maximum Gasteiger partial charge on any atom is 0.353 e. The number of anilines is 1. The second-order valence-electron chi connectivity index (χ2n) is 2.74. The number of carboxylic acid groups (broad SMARTS) is 1. The second-order valence-corrected chi connectivity index (χ2v) is 3.57. The number of hydrogen-bond acceptors (Lipinski definition) is 4. The van der Waals surface area contributed by atoms with Crippen molar-refractivity contribution in [3.8, 4) is 0 Å². The molecule has 1 aromatic heterocycles. The minimum Gasteiger partial charge on any atom is -0.477 e. The average molecular weight is 208 g/mol. The van der Waals surface area contributed by atoms with Gasteiger partial charge in [-0.3, -0.25) is 4.98 Å². The van der Waals surface area contributed by atoms with E-state index in [0.717, 1.165) is 5.69 Å². The first-order valence-electron chi connectivity index (χ1n) is 4.01. The van der Waals surface area contributed by atoms with Gasteiger partial charge < -0.3 is 10.0 Å². The van der Waals surface area contributed by atoms with Gasteiger partial charge in [-0.15, -0.1) is 11.8 Å². The van der Waals surface area contributed by atoms with Gasteiger partial charge in [-0.05, 0) is 12.1 Å². The van der Waals surface area contributed by atoms with Crippen molar-refractivity contribution in [3.63, 3.8) is 0 Å². The molecule has 0 saturated carbocycles. The van der Waals surface area contributed by atoms with Crippen LogP contribution in [0, 0.1) is 0 Å². The van der Waals surface area contributed by atoms with Crippen LogP contribution < -0.4 is 4.90 Å². The minimum absolute atomic E-state index is 0.308. The van der Waals surface area contributed by atoms with E-state index in [1.54, 1.807) is 28.8 Å². The number of carboxylic acids is 1. The number of carbonyl (C=O) groups is 1. The molecule has 1 aliphatic rings. The molecule has 1 aliphatic heterocycles. The molecule has 0 bridgehead atoms. The summed E-state index contributed by atoms with van der Waals surface area (Å²) in [5, 5.41) is 10.5. The fourth-order valence-corrected chi connectivity index (χ4v) is 2.11.